The number of aromatic hydroxyl groups is 2. The van der Waals surface area contributed by atoms with Gasteiger partial charge >= 0.3 is 5.97 Å². The van der Waals surface area contributed by atoms with Crippen LogP contribution in [0.3, 0.4) is 0 Å². The SMILES string of the molecule is COc1ccc(CCC(=O)O[C@H]2CC3=C(OC4OCC(O)(CO)C4O)CC(O)C=C3O[C@@H]2c2ccc(O)c(O)c2)cc1. The number of allylic oxidation sites excluding steroid dienone is 1. The quantitative estimate of drug-likeness (QED) is 0.184. The number of aliphatic hydroxyl groups is 4. The molecule has 2 heterocycles. The van der Waals surface area contributed by atoms with E-state index in [2.05, 4.69) is 0 Å². The first-order chi connectivity index (χ1) is 20.1. The van der Waals surface area contributed by atoms with Crippen molar-refractivity contribution in [3.63, 3.8) is 0 Å². The largest absolute Gasteiger partial charge is 0.504 e. The molecule has 0 spiro atoms. The molecule has 2 aliphatic heterocycles. The van der Waals surface area contributed by atoms with Gasteiger partial charge in [0.15, 0.2) is 17.6 Å². The molecule has 2 fully saturated rings. The van der Waals surface area contributed by atoms with Crippen molar-refractivity contribution < 1.29 is 59.1 Å². The topological polar surface area (TPSA) is 185 Å². The lowest BCUT2D eigenvalue weighted by Gasteiger charge is -2.38. The molecule has 2 aromatic carbocycles. The number of hydrogen-bond acceptors (Lipinski definition) is 12. The van der Waals surface area contributed by atoms with Crippen LogP contribution < -0.4 is 4.74 Å². The van der Waals surface area contributed by atoms with Crippen LogP contribution in [0.2, 0.25) is 0 Å². The van der Waals surface area contributed by atoms with Gasteiger partial charge in [-0.1, -0.05) is 18.2 Å². The van der Waals surface area contributed by atoms with Gasteiger partial charge in [-0.25, -0.2) is 0 Å². The Morgan fingerprint density at radius 2 is 1.83 bits per heavy atom. The lowest BCUT2D eigenvalue weighted by atomic mass is 9.89. The Balaban J connectivity index is 1.39. The van der Waals surface area contributed by atoms with E-state index in [1.165, 1.54) is 24.3 Å². The van der Waals surface area contributed by atoms with Crippen molar-refractivity contribution in [2.75, 3.05) is 20.3 Å². The highest BCUT2D eigenvalue weighted by atomic mass is 16.7. The third-order valence-electron chi connectivity index (χ3n) is 7.60. The summed E-state index contributed by atoms with van der Waals surface area (Å²) in [4.78, 5) is 13.0. The lowest BCUT2D eigenvalue weighted by molar-refractivity contribution is -0.159. The van der Waals surface area contributed by atoms with Crippen molar-refractivity contribution in [3.8, 4) is 17.2 Å². The van der Waals surface area contributed by atoms with E-state index in [9.17, 15) is 35.4 Å². The van der Waals surface area contributed by atoms with Gasteiger partial charge in [-0.3, -0.25) is 4.79 Å². The molecule has 5 rings (SSSR count). The summed E-state index contributed by atoms with van der Waals surface area (Å²) in [6, 6.07) is 11.4. The minimum Gasteiger partial charge on any atom is -0.504 e. The summed E-state index contributed by atoms with van der Waals surface area (Å²) < 4.78 is 28.5. The molecule has 0 aromatic heterocycles. The number of benzene rings is 2. The van der Waals surface area contributed by atoms with Crippen LogP contribution in [0.1, 0.15) is 36.5 Å². The average molecular weight is 587 g/mol. The number of ether oxygens (including phenoxy) is 5. The summed E-state index contributed by atoms with van der Waals surface area (Å²) in [7, 11) is 1.57. The Labute approximate surface area is 241 Å². The van der Waals surface area contributed by atoms with Crippen LogP contribution in [-0.4, -0.2) is 87.1 Å². The number of carbonyl (C=O) groups is 1. The van der Waals surface area contributed by atoms with Gasteiger partial charge in [0.25, 0.3) is 0 Å². The molecule has 6 N–H and O–H groups in total. The zero-order valence-corrected chi connectivity index (χ0v) is 22.9. The summed E-state index contributed by atoms with van der Waals surface area (Å²) in [5.74, 6) is -0.0582. The maximum atomic E-state index is 13.0. The highest BCUT2D eigenvalue weighted by Crippen LogP contribution is 2.45. The minimum atomic E-state index is -1.90. The first-order valence-corrected chi connectivity index (χ1v) is 13.5. The van der Waals surface area contributed by atoms with Crippen LogP contribution in [0.5, 0.6) is 17.2 Å². The summed E-state index contributed by atoms with van der Waals surface area (Å²) in [6.45, 7) is -1.10. The fourth-order valence-corrected chi connectivity index (χ4v) is 5.15. The molecular formula is C30H34O12. The number of carbonyl (C=O) groups excluding carboxylic acids is 1. The number of fused-ring (bicyclic) bond motifs is 1. The van der Waals surface area contributed by atoms with Gasteiger partial charge in [0.1, 0.15) is 35.1 Å². The van der Waals surface area contributed by atoms with Crippen molar-refractivity contribution in [2.45, 2.75) is 62.0 Å². The number of phenols is 2. The van der Waals surface area contributed by atoms with Crippen molar-refractivity contribution >= 4 is 5.97 Å². The van der Waals surface area contributed by atoms with Gasteiger partial charge in [0.05, 0.1) is 26.4 Å². The second kappa shape index (κ2) is 12.2. The normalized spacial score (nSPS) is 28.9. The van der Waals surface area contributed by atoms with Crippen LogP contribution >= 0.6 is 0 Å². The van der Waals surface area contributed by atoms with E-state index in [-0.39, 0.29) is 48.9 Å². The molecule has 12 heteroatoms. The molecule has 4 unspecified atom stereocenters. The fraction of sp³-hybridized carbons (Fsp3) is 0.433. The molecule has 0 amide bonds. The van der Waals surface area contributed by atoms with Crippen molar-refractivity contribution in [3.05, 3.63) is 76.8 Å². The van der Waals surface area contributed by atoms with Gasteiger partial charge < -0.3 is 54.3 Å². The molecule has 0 saturated carbocycles. The van der Waals surface area contributed by atoms with Crippen LogP contribution in [0, 0.1) is 0 Å². The number of hydrogen-bond donors (Lipinski definition) is 6. The molecule has 2 saturated heterocycles. The lowest BCUT2D eigenvalue weighted by Crippen LogP contribution is -2.47. The summed E-state index contributed by atoms with van der Waals surface area (Å²) in [5.41, 5.74) is -0.111. The zero-order chi connectivity index (χ0) is 30.0. The standard InChI is InChI=1S/C30H34O12/c1-38-19-6-2-16(3-7-19)4-9-26(35)40-25-13-20-23(41-27(25)17-5-8-21(33)22(34)10-17)11-18(32)12-24(20)42-29-28(36)30(37,14-31)15-39-29/h2-3,5-8,10-11,18,25,27-29,31-34,36-37H,4,9,12-15H2,1H3/t18?,25-,27+,28?,29?,30?/m0/s1. The molecule has 0 radical (unpaired) electrons. The molecule has 6 atom stereocenters. The van der Waals surface area contributed by atoms with Gasteiger partial charge in [0, 0.05) is 30.4 Å². The number of phenolic OH excluding ortho intramolecular Hbond substituents is 2. The van der Waals surface area contributed by atoms with E-state index >= 15 is 0 Å². The number of rotatable bonds is 9. The highest BCUT2D eigenvalue weighted by molar-refractivity contribution is 5.70. The molecule has 1 aliphatic carbocycles. The fourth-order valence-electron chi connectivity index (χ4n) is 5.15. The van der Waals surface area contributed by atoms with Crippen molar-refractivity contribution in [2.24, 2.45) is 0 Å². The number of esters is 1. The van der Waals surface area contributed by atoms with E-state index < -0.39 is 48.9 Å². The van der Waals surface area contributed by atoms with E-state index in [4.69, 9.17) is 23.7 Å². The van der Waals surface area contributed by atoms with Gasteiger partial charge in [0.2, 0.25) is 6.29 Å². The number of aliphatic hydroxyl groups excluding tert-OH is 3. The van der Waals surface area contributed by atoms with Crippen molar-refractivity contribution in [1.29, 1.82) is 0 Å². The Bertz CT molecular complexity index is 1350. The third kappa shape index (κ3) is 6.18. The molecule has 3 aliphatic rings. The van der Waals surface area contributed by atoms with E-state index in [0.717, 1.165) is 5.56 Å². The molecule has 12 nitrogen and oxygen atoms in total. The van der Waals surface area contributed by atoms with E-state index in [1.54, 1.807) is 19.2 Å². The maximum absolute atomic E-state index is 13.0. The number of methoxy groups -OCH3 is 1. The molecule has 2 aromatic rings. The summed E-state index contributed by atoms with van der Waals surface area (Å²) in [6.07, 6.45) is -3.67. The Morgan fingerprint density at radius 3 is 2.50 bits per heavy atom. The van der Waals surface area contributed by atoms with E-state index in [1.807, 2.05) is 12.1 Å². The predicted molar refractivity (Wildman–Crippen MR) is 144 cm³/mol. The van der Waals surface area contributed by atoms with Gasteiger partial charge in [-0.2, -0.15) is 0 Å². The molecule has 42 heavy (non-hydrogen) atoms. The van der Waals surface area contributed by atoms with Crippen LogP contribution in [-0.2, 0) is 30.2 Å². The average Bonchev–Trinajstić information content (AvgIpc) is 3.26. The summed E-state index contributed by atoms with van der Waals surface area (Å²) >= 11 is 0. The first kappa shape index (κ1) is 29.7. The maximum Gasteiger partial charge on any atom is 0.306 e. The molecule has 226 valence electrons. The first-order valence-electron chi connectivity index (χ1n) is 13.5. The second-order valence-corrected chi connectivity index (χ2v) is 10.6. The molecule has 0 bridgehead atoms. The summed E-state index contributed by atoms with van der Waals surface area (Å²) in [5, 5.41) is 60.8. The Morgan fingerprint density at radius 1 is 1.07 bits per heavy atom. The monoisotopic (exact) mass is 586 g/mol. The Hall–Kier alpha value is -3.81. The minimum absolute atomic E-state index is 0.00483. The van der Waals surface area contributed by atoms with E-state index in [0.29, 0.717) is 23.3 Å². The van der Waals surface area contributed by atoms with Crippen LogP contribution in [0.4, 0.5) is 0 Å². The van der Waals surface area contributed by atoms with Crippen LogP contribution in [0.25, 0.3) is 0 Å². The molecular weight excluding hydrogens is 552 g/mol. The Kier molecular flexibility index (Phi) is 8.62. The zero-order valence-electron chi connectivity index (χ0n) is 22.9. The smallest absolute Gasteiger partial charge is 0.306 e. The number of aryl methyl sites for hydroxylation is 1. The predicted octanol–water partition coefficient (Wildman–Crippen LogP) is 1.47. The second-order valence-electron chi connectivity index (χ2n) is 10.6. The van der Waals surface area contributed by atoms with Gasteiger partial charge in [-0.15, -0.1) is 0 Å². The highest BCUT2D eigenvalue weighted by Gasteiger charge is 2.50. The van der Waals surface area contributed by atoms with Crippen LogP contribution in [0.15, 0.2) is 65.6 Å². The van der Waals surface area contributed by atoms with Gasteiger partial charge in [-0.05, 0) is 42.3 Å². The van der Waals surface area contributed by atoms with Crippen molar-refractivity contribution in [1.82, 2.24) is 0 Å². The third-order valence-corrected chi connectivity index (χ3v) is 7.60.